The van der Waals surface area contributed by atoms with Crippen molar-refractivity contribution in [2.45, 2.75) is 12.8 Å². The molecule has 0 atom stereocenters. The van der Waals surface area contributed by atoms with E-state index in [1.807, 2.05) is 42.5 Å². The summed E-state index contributed by atoms with van der Waals surface area (Å²) in [7, 11) is 3.13. The van der Waals surface area contributed by atoms with Gasteiger partial charge in [0.15, 0.2) is 11.5 Å². The van der Waals surface area contributed by atoms with Gasteiger partial charge in [0.2, 0.25) is 0 Å². The maximum absolute atomic E-state index is 11.1. The van der Waals surface area contributed by atoms with E-state index in [9.17, 15) is 14.4 Å². The van der Waals surface area contributed by atoms with Crippen molar-refractivity contribution in [3.05, 3.63) is 110 Å². The molecule has 0 aromatic heterocycles. The molecule has 0 unspecified atom stereocenters. The second-order valence-corrected chi connectivity index (χ2v) is 7.57. The van der Waals surface area contributed by atoms with Crippen LogP contribution in [0.25, 0.3) is 11.1 Å². The van der Waals surface area contributed by atoms with E-state index in [0.717, 1.165) is 40.9 Å². The Morgan fingerprint density at radius 3 is 1.68 bits per heavy atom. The first kappa shape index (κ1) is 32.8. The number of aldehydes is 2. The topological polar surface area (TPSA) is 105 Å². The maximum Gasteiger partial charge on any atom is 0.335 e. The van der Waals surface area contributed by atoms with Gasteiger partial charge in [-0.25, -0.2) is 9.59 Å². The molecule has 0 N–H and O–H groups in total. The molecule has 3 aromatic rings. The Balaban J connectivity index is 0.000000355. The standard InChI is InChI=1S/C16H14O3.C13H14O4.C3H4O/c1-3-16(17)19-15-10-6-13(7-11-15)12-4-8-14(18-2)9-5-12;1-3-13(15)17-12-9-10(5-4-8-14)6-7-11(12)16-2;1-2-3-4/h3-11H,1H2,2H3;3,6-9H,1,4-5H2,2H3;2-3H,1H2. The van der Waals surface area contributed by atoms with Crippen LogP contribution < -0.4 is 18.9 Å². The van der Waals surface area contributed by atoms with E-state index in [4.69, 9.17) is 23.7 Å². The van der Waals surface area contributed by atoms with E-state index in [-0.39, 0.29) is 0 Å². The first-order valence-electron chi connectivity index (χ1n) is 11.9. The van der Waals surface area contributed by atoms with Crippen LogP contribution in [0.15, 0.2) is 105 Å². The molecule has 0 amide bonds. The highest BCUT2D eigenvalue weighted by atomic mass is 16.6. The van der Waals surface area contributed by atoms with Gasteiger partial charge in [-0.3, -0.25) is 4.79 Å². The Morgan fingerprint density at radius 2 is 1.23 bits per heavy atom. The number of carbonyl (C=O) groups excluding carboxylic acids is 4. The molecule has 0 radical (unpaired) electrons. The second-order valence-electron chi connectivity index (χ2n) is 7.57. The van der Waals surface area contributed by atoms with Gasteiger partial charge in [-0.1, -0.05) is 50.1 Å². The van der Waals surface area contributed by atoms with Crippen LogP contribution in [0.5, 0.6) is 23.0 Å². The molecule has 0 saturated carbocycles. The van der Waals surface area contributed by atoms with Crippen molar-refractivity contribution in [2.24, 2.45) is 0 Å². The molecule has 3 aromatic carbocycles. The molecule has 208 valence electrons. The van der Waals surface area contributed by atoms with Crippen molar-refractivity contribution in [1.29, 1.82) is 0 Å². The molecule has 0 aliphatic carbocycles. The number of carbonyl (C=O) groups is 4. The van der Waals surface area contributed by atoms with Crippen molar-refractivity contribution in [2.75, 3.05) is 14.2 Å². The summed E-state index contributed by atoms with van der Waals surface area (Å²) in [6, 6.07) is 20.3. The molecule has 0 aliphatic heterocycles. The average molecular weight is 545 g/mol. The zero-order valence-corrected chi connectivity index (χ0v) is 22.5. The van der Waals surface area contributed by atoms with Gasteiger partial charge in [-0.15, -0.1) is 0 Å². The molecule has 3 rings (SSSR count). The minimum Gasteiger partial charge on any atom is -0.497 e. The molecule has 8 nitrogen and oxygen atoms in total. The fourth-order valence-corrected chi connectivity index (χ4v) is 2.99. The lowest BCUT2D eigenvalue weighted by atomic mass is 10.1. The third kappa shape index (κ3) is 11.9. The monoisotopic (exact) mass is 544 g/mol. The van der Waals surface area contributed by atoms with Crippen molar-refractivity contribution in [3.8, 4) is 34.1 Å². The van der Waals surface area contributed by atoms with Gasteiger partial charge in [0, 0.05) is 18.6 Å². The van der Waals surface area contributed by atoms with Crippen LogP contribution in [0.2, 0.25) is 0 Å². The third-order valence-corrected chi connectivity index (χ3v) is 4.92. The van der Waals surface area contributed by atoms with Crippen LogP contribution in [0.3, 0.4) is 0 Å². The summed E-state index contributed by atoms with van der Waals surface area (Å²) in [6.07, 6.45) is 5.93. The number of methoxy groups -OCH3 is 2. The fraction of sp³-hybridized carbons (Fsp3) is 0.125. The largest absolute Gasteiger partial charge is 0.497 e. The van der Waals surface area contributed by atoms with Crippen LogP contribution in [0.4, 0.5) is 0 Å². The highest BCUT2D eigenvalue weighted by molar-refractivity contribution is 5.84. The number of benzene rings is 3. The predicted molar refractivity (Wildman–Crippen MR) is 154 cm³/mol. The van der Waals surface area contributed by atoms with E-state index < -0.39 is 11.9 Å². The van der Waals surface area contributed by atoms with Gasteiger partial charge in [0.25, 0.3) is 0 Å². The lowest BCUT2D eigenvalue weighted by molar-refractivity contribution is -0.129. The molecule has 0 spiro atoms. The quantitative estimate of drug-likeness (QED) is 0.130. The van der Waals surface area contributed by atoms with Crippen LogP contribution in [0, 0.1) is 0 Å². The van der Waals surface area contributed by atoms with E-state index in [0.29, 0.717) is 36.4 Å². The van der Waals surface area contributed by atoms with Gasteiger partial charge in [0.05, 0.1) is 14.2 Å². The lowest BCUT2D eigenvalue weighted by Crippen LogP contribution is -2.05. The Bertz CT molecular complexity index is 1270. The number of hydrogen-bond acceptors (Lipinski definition) is 8. The number of rotatable bonds is 11. The number of allylic oxidation sites excluding steroid dienone is 1. The lowest BCUT2D eigenvalue weighted by Gasteiger charge is -2.09. The van der Waals surface area contributed by atoms with Crippen LogP contribution in [-0.2, 0) is 25.6 Å². The summed E-state index contributed by atoms with van der Waals surface area (Å²) >= 11 is 0. The Kier molecular flexibility index (Phi) is 15.5. The van der Waals surface area contributed by atoms with Gasteiger partial charge in [-0.05, 0) is 65.6 Å². The first-order valence-corrected chi connectivity index (χ1v) is 11.9. The zero-order valence-electron chi connectivity index (χ0n) is 22.5. The van der Waals surface area contributed by atoms with Gasteiger partial charge < -0.3 is 23.7 Å². The van der Waals surface area contributed by atoms with Crippen molar-refractivity contribution in [1.82, 2.24) is 0 Å². The molecule has 0 heterocycles. The van der Waals surface area contributed by atoms with Gasteiger partial charge in [-0.2, -0.15) is 0 Å². The summed E-state index contributed by atoms with van der Waals surface area (Å²) in [5.74, 6) is 1.12. The van der Waals surface area contributed by atoms with Crippen LogP contribution >= 0.6 is 0 Å². The van der Waals surface area contributed by atoms with Crippen LogP contribution in [0.1, 0.15) is 12.0 Å². The first-order chi connectivity index (χ1) is 19.3. The number of esters is 2. The highest BCUT2D eigenvalue weighted by Gasteiger charge is 2.09. The molecular weight excluding hydrogens is 512 g/mol. The zero-order chi connectivity index (χ0) is 29.8. The van der Waals surface area contributed by atoms with Crippen LogP contribution in [-0.4, -0.2) is 38.7 Å². The number of ether oxygens (including phenoxy) is 4. The molecular formula is C32H32O8. The Morgan fingerprint density at radius 1 is 0.700 bits per heavy atom. The van der Waals surface area contributed by atoms with Crippen molar-refractivity contribution < 1.29 is 38.1 Å². The normalized spacial score (nSPS) is 9.15. The van der Waals surface area contributed by atoms with E-state index >= 15 is 0 Å². The molecule has 8 heteroatoms. The van der Waals surface area contributed by atoms with E-state index in [2.05, 4.69) is 19.7 Å². The summed E-state index contributed by atoms with van der Waals surface area (Å²) in [5.41, 5.74) is 3.02. The van der Waals surface area contributed by atoms with Gasteiger partial charge >= 0.3 is 11.9 Å². The molecule has 0 saturated heterocycles. The minimum absolute atomic E-state index is 0.334. The third-order valence-electron chi connectivity index (χ3n) is 4.92. The smallest absolute Gasteiger partial charge is 0.335 e. The maximum atomic E-state index is 11.1. The fourth-order valence-electron chi connectivity index (χ4n) is 2.99. The summed E-state index contributed by atoms with van der Waals surface area (Å²) < 4.78 is 20.2. The second kappa shape index (κ2) is 18.9. The molecule has 0 fully saturated rings. The van der Waals surface area contributed by atoms with E-state index in [1.54, 1.807) is 31.4 Å². The van der Waals surface area contributed by atoms with E-state index in [1.165, 1.54) is 13.2 Å². The molecule has 0 aliphatic rings. The number of hydrogen-bond donors (Lipinski definition) is 0. The highest BCUT2D eigenvalue weighted by Crippen LogP contribution is 2.29. The Labute approximate surface area is 234 Å². The number of aryl methyl sites for hydroxylation is 1. The molecule has 40 heavy (non-hydrogen) atoms. The molecule has 0 bridgehead atoms. The SMILES string of the molecule is C=CC(=O)Oc1cc(CCC=O)ccc1OC.C=CC(=O)Oc1ccc(-c2ccc(OC)cc2)cc1.C=CC=O. The van der Waals surface area contributed by atoms with Gasteiger partial charge in [0.1, 0.15) is 24.1 Å². The summed E-state index contributed by atoms with van der Waals surface area (Å²) in [6.45, 7) is 9.79. The summed E-state index contributed by atoms with van der Waals surface area (Å²) in [5, 5.41) is 0. The summed E-state index contributed by atoms with van der Waals surface area (Å²) in [4.78, 5) is 41.5. The average Bonchev–Trinajstić information content (AvgIpc) is 3.00. The van der Waals surface area contributed by atoms with Crippen molar-refractivity contribution >= 4 is 24.5 Å². The minimum atomic E-state index is -0.546. The van der Waals surface area contributed by atoms with Crippen molar-refractivity contribution in [3.63, 3.8) is 0 Å². The predicted octanol–water partition coefficient (Wildman–Crippen LogP) is 5.74. The Hall–Kier alpha value is -5.24.